The fourth-order valence-corrected chi connectivity index (χ4v) is 2.54. The van der Waals surface area contributed by atoms with Crippen LogP contribution in [0.5, 0.6) is 0 Å². The van der Waals surface area contributed by atoms with Crippen molar-refractivity contribution in [1.82, 2.24) is 5.32 Å². The van der Waals surface area contributed by atoms with Crippen LogP contribution in [0.25, 0.3) is 0 Å². The van der Waals surface area contributed by atoms with Gasteiger partial charge in [0.1, 0.15) is 0 Å². The highest BCUT2D eigenvalue weighted by Gasteiger charge is 2.28. The number of carbonyl (C=O) groups is 1. The second kappa shape index (κ2) is 7.49. The first-order valence-electron chi connectivity index (χ1n) is 6.71. The summed E-state index contributed by atoms with van der Waals surface area (Å²) < 4.78 is 5.10. The van der Waals surface area contributed by atoms with Gasteiger partial charge in [-0.05, 0) is 39.5 Å². The van der Waals surface area contributed by atoms with E-state index < -0.39 is 0 Å². The van der Waals surface area contributed by atoms with E-state index in [0.717, 1.165) is 32.1 Å². The molecule has 0 radical (unpaired) electrons. The van der Waals surface area contributed by atoms with E-state index in [2.05, 4.69) is 18.8 Å². The van der Waals surface area contributed by atoms with Crippen LogP contribution in [0.4, 0.5) is 0 Å². The molecular weight excluding hydrogens is 214 g/mol. The highest BCUT2D eigenvalue weighted by molar-refractivity contribution is 5.72. The molecule has 1 saturated carbocycles. The molecule has 1 fully saturated rings. The Hall–Kier alpha value is -0.830. The summed E-state index contributed by atoms with van der Waals surface area (Å²) >= 11 is 0. The molecule has 3 unspecified atom stereocenters. The van der Waals surface area contributed by atoms with Crippen molar-refractivity contribution in [3.05, 3.63) is 12.7 Å². The number of esters is 1. The maximum atomic E-state index is 11.7. The van der Waals surface area contributed by atoms with Crippen LogP contribution in [0, 0.1) is 5.92 Å². The van der Waals surface area contributed by atoms with E-state index in [4.69, 9.17) is 4.74 Å². The molecule has 17 heavy (non-hydrogen) atoms. The Balaban J connectivity index is 2.37. The molecule has 0 aromatic rings. The summed E-state index contributed by atoms with van der Waals surface area (Å²) in [7, 11) is 0. The van der Waals surface area contributed by atoms with Gasteiger partial charge in [-0.15, -0.1) is 6.58 Å². The van der Waals surface area contributed by atoms with Crippen LogP contribution >= 0.6 is 0 Å². The molecule has 0 heterocycles. The lowest BCUT2D eigenvalue weighted by molar-refractivity contribution is -0.149. The Morgan fingerprint density at radius 1 is 1.59 bits per heavy atom. The second-order valence-electron chi connectivity index (χ2n) is 4.90. The van der Waals surface area contributed by atoms with Gasteiger partial charge in [-0.25, -0.2) is 0 Å². The number of nitrogens with one attached hydrogen (secondary N) is 1. The Morgan fingerprint density at radius 3 is 3.00 bits per heavy atom. The quantitative estimate of drug-likeness (QED) is 0.572. The van der Waals surface area contributed by atoms with Gasteiger partial charge in [-0.1, -0.05) is 12.5 Å². The lowest BCUT2D eigenvalue weighted by atomic mass is 9.85. The largest absolute Gasteiger partial charge is 0.466 e. The van der Waals surface area contributed by atoms with Gasteiger partial charge in [-0.3, -0.25) is 4.79 Å². The van der Waals surface area contributed by atoms with Gasteiger partial charge in [0, 0.05) is 12.1 Å². The smallest absolute Gasteiger partial charge is 0.308 e. The van der Waals surface area contributed by atoms with Gasteiger partial charge in [0.25, 0.3) is 0 Å². The van der Waals surface area contributed by atoms with Crippen molar-refractivity contribution in [2.45, 2.75) is 58.0 Å². The fourth-order valence-electron chi connectivity index (χ4n) is 2.54. The Bertz CT molecular complexity index is 253. The summed E-state index contributed by atoms with van der Waals surface area (Å²) in [5.41, 5.74) is 0. The molecule has 3 atom stereocenters. The average Bonchev–Trinajstić information content (AvgIpc) is 2.30. The topological polar surface area (TPSA) is 38.3 Å². The summed E-state index contributed by atoms with van der Waals surface area (Å²) in [6.45, 7) is 8.26. The van der Waals surface area contributed by atoms with Gasteiger partial charge in [0.05, 0.1) is 12.5 Å². The summed E-state index contributed by atoms with van der Waals surface area (Å²) in [6.07, 6.45) is 7.08. The first-order chi connectivity index (χ1) is 8.17. The number of ether oxygens (including phenoxy) is 1. The minimum Gasteiger partial charge on any atom is -0.466 e. The minimum atomic E-state index is -0.0182. The number of carbonyl (C=O) groups excluding carboxylic acids is 1. The molecule has 1 aliphatic rings. The highest BCUT2D eigenvalue weighted by Crippen LogP contribution is 2.25. The Labute approximate surface area is 105 Å². The van der Waals surface area contributed by atoms with Crippen LogP contribution in [0.15, 0.2) is 12.7 Å². The van der Waals surface area contributed by atoms with E-state index in [1.807, 2.05) is 13.0 Å². The fraction of sp³-hybridized carbons (Fsp3) is 0.786. The maximum absolute atomic E-state index is 11.7. The Morgan fingerprint density at radius 2 is 2.35 bits per heavy atom. The molecule has 1 N–H and O–H groups in total. The predicted molar refractivity (Wildman–Crippen MR) is 69.8 cm³/mol. The van der Waals surface area contributed by atoms with Crippen molar-refractivity contribution >= 4 is 5.97 Å². The number of hydrogen-bond donors (Lipinski definition) is 1. The molecule has 0 saturated heterocycles. The third-order valence-corrected chi connectivity index (χ3v) is 3.33. The molecule has 98 valence electrons. The third-order valence-electron chi connectivity index (χ3n) is 3.33. The second-order valence-corrected chi connectivity index (χ2v) is 4.90. The minimum absolute atomic E-state index is 0.0182. The van der Waals surface area contributed by atoms with Crippen molar-refractivity contribution in [2.75, 3.05) is 6.61 Å². The zero-order valence-corrected chi connectivity index (χ0v) is 11.1. The van der Waals surface area contributed by atoms with Crippen molar-refractivity contribution in [3.63, 3.8) is 0 Å². The summed E-state index contributed by atoms with van der Waals surface area (Å²) in [4.78, 5) is 11.7. The molecule has 1 rings (SSSR count). The van der Waals surface area contributed by atoms with Crippen LogP contribution in [0.3, 0.4) is 0 Å². The van der Waals surface area contributed by atoms with E-state index in [0.29, 0.717) is 18.7 Å². The molecular formula is C14H25NO2. The van der Waals surface area contributed by atoms with E-state index in [1.165, 1.54) is 0 Å². The van der Waals surface area contributed by atoms with Gasteiger partial charge in [0.2, 0.25) is 0 Å². The average molecular weight is 239 g/mol. The maximum Gasteiger partial charge on any atom is 0.308 e. The van der Waals surface area contributed by atoms with E-state index in [-0.39, 0.29) is 11.9 Å². The third kappa shape index (κ3) is 4.90. The van der Waals surface area contributed by atoms with E-state index in [9.17, 15) is 4.79 Å². The summed E-state index contributed by atoms with van der Waals surface area (Å²) in [6, 6.07) is 0.895. The lowest BCUT2D eigenvalue weighted by Gasteiger charge is -2.30. The number of rotatable bonds is 6. The zero-order chi connectivity index (χ0) is 12.7. The van der Waals surface area contributed by atoms with Crippen LogP contribution in [-0.4, -0.2) is 24.7 Å². The van der Waals surface area contributed by atoms with Gasteiger partial charge >= 0.3 is 5.97 Å². The van der Waals surface area contributed by atoms with Crippen molar-refractivity contribution < 1.29 is 9.53 Å². The van der Waals surface area contributed by atoms with Gasteiger partial charge in [0.15, 0.2) is 0 Å². The van der Waals surface area contributed by atoms with Crippen LogP contribution < -0.4 is 5.32 Å². The molecule has 1 aliphatic carbocycles. The van der Waals surface area contributed by atoms with Crippen LogP contribution in [0.2, 0.25) is 0 Å². The molecule has 3 heteroatoms. The van der Waals surface area contributed by atoms with Gasteiger partial charge < -0.3 is 10.1 Å². The molecule has 0 amide bonds. The lowest BCUT2D eigenvalue weighted by Crippen LogP contribution is -2.41. The predicted octanol–water partition coefficient (Wildman–Crippen LogP) is 2.66. The SMILES string of the molecule is C=CCC(C)NC1CCCC(C(=O)OCC)C1. The molecule has 0 bridgehead atoms. The molecule has 0 aliphatic heterocycles. The number of hydrogen-bond acceptors (Lipinski definition) is 3. The van der Waals surface area contributed by atoms with Crippen molar-refractivity contribution in [2.24, 2.45) is 5.92 Å². The standard InChI is InChI=1S/C14H25NO2/c1-4-7-11(3)15-13-9-6-8-12(10-13)14(16)17-5-2/h4,11-13,15H,1,5-10H2,2-3H3. The summed E-state index contributed by atoms with van der Waals surface area (Å²) in [5, 5.41) is 3.57. The van der Waals surface area contributed by atoms with E-state index >= 15 is 0 Å². The van der Waals surface area contributed by atoms with Crippen molar-refractivity contribution in [3.8, 4) is 0 Å². The Kier molecular flexibility index (Phi) is 6.27. The molecule has 3 nitrogen and oxygen atoms in total. The normalized spacial score (nSPS) is 26.2. The monoisotopic (exact) mass is 239 g/mol. The van der Waals surface area contributed by atoms with E-state index in [1.54, 1.807) is 0 Å². The first kappa shape index (κ1) is 14.2. The van der Waals surface area contributed by atoms with Crippen LogP contribution in [-0.2, 0) is 9.53 Å². The molecule has 0 aromatic carbocycles. The highest BCUT2D eigenvalue weighted by atomic mass is 16.5. The van der Waals surface area contributed by atoms with Gasteiger partial charge in [-0.2, -0.15) is 0 Å². The van der Waals surface area contributed by atoms with Crippen LogP contribution in [0.1, 0.15) is 46.0 Å². The summed E-state index contributed by atoms with van der Waals surface area (Å²) in [5.74, 6) is 0.0764. The zero-order valence-electron chi connectivity index (χ0n) is 11.1. The molecule has 0 spiro atoms. The first-order valence-corrected chi connectivity index (χ1v) is 6.71. The van der Waals surface area contributed by atoms with Crippen molar-refractivity contribution in [1.29, 1.82) is 0 Å². The molecule has 0 aromatic heterocycles.